The Hall–Kier alpha value is -0.960. The zero-order chi connectivity index (χ0) is 10.6. The number of hydrogen-bond acceptors (Lipinski definition) is 2. The van der Waals surface area contributed by atoms with Crippen molar-refractivity contribution in [3.8, 4) is 11.5 Å². The van der Waals surface area contributed by atoms with Crippen molar-refractivity contribution in [1.29, 1.82) is 0 Å². The van der Waals surface area contributed by atoms with E-state index in [1.165, 1.54) is 0 Å². The lowest BCUT2D eigenvalue weighted by Gasteiger charge is -2.09. The molecule has 0 atom stereocenters. The van der Waals surface area contributed by atoms with Crippen molar-refractivity contribution < 1.29 is 9.47 Å². The summed E-state index contributed by atoms with van der Waals surface area (Å²) in [5, 5.41) is 0. The fraction of sp³-hybridized carbons (Fsp3) is 0.273. The Morgan fingerprint density at radius 1 is 1.50 bits per heavy atom. The van der Waals surface area contributed by atoms with E-state index in [0.29, 0.717) is 6.61 Å². The second-order valence-electron chi connectivity index (χ2n) is 3.04. The molecule has 0 saturated carbocycles. The van der Waals surface area contributed by atoms with Crippen LogP contribution in [0, 0.1) is 0 Å². The van der Waals surface area contributed by atoms with Crippen molar-refractivity contribution in [3.05, 3.63) is 34.8 Å². The van der Waals surface area contributed by atoms with Gasteiger partial charge in [0, 0.05) is 6.07 Å². The Morgan fingerprint density at radius 3 is 2.79 bits per heavy atom. The standard InChI is InChI=1S/C11H13BrO2/c1-8(2)7-14-11-6-9(13-3)4-5-10(11)12/h4-6H,1,7H2,2-3H3. The fourth-order valence-electron chi connectivity index (χ4n) is 0.922. The van der Waals surface area contributed by atoms with Crippen molar-refractivity contribution in [2.75, 3.05) is 13.7 Å². The fourth-order valence-corrected chi connectivity index (χ4v) is 1.28. The van der Waals surface area contributed by atoms with E-state index in [1.807, 2.05) is 25.1 Å². The van der Waals surface area contributed by atoms with Gasteiger partial charge in [0.25, 0.3) is 0 Å². The normalized spacial score (nSPS) is 9.64. The van der Waals surface area contributed by atoms with Crippen LogP contribution in [0.25, 0.3) is 0 Å². The Kier molecular flexibility index (Phi) is 4.01. The van der Waals surface area contributed by atoms with Crippen LogP contribution in [0.3, 0.4) is 0 Å². The molecule has 0 heterocycles. The summed E-state index contributed by atoms with van der Waals surface area (Å²) >= 11 is 3.40. The molecule has 0 N–H and O–H groups in total. The monoisotopic (exact) mass is 256 g/mol. The predicted molar refractivity (Wildman–Crippen MR) is 61.0 cm³/mol. The quantitative estimate of drug-likeness (QED) is 0.769. The molecule has 0 unspecified atom stereocenters. The first-order valence-electron chi connectivity index (χ1n) is 4.24. The highest BCUT2D eigenvalue weighted by Crippen LogP contribution is 2.29. The van der Waals surface area contributed by atoms with E-state index in [9.17, 15) is 0 Å². The first kappa shape index (κ1) is 11.1. The van der Waals surface area contributed by atoms with Gasteiger partial charge in [-0.15, -0.1) is 0 Å². The van der Waals surface area contributed by atoms with Crippen molar-refractivity contribution in [2.24, 2.45) is 0 Å². The maximum atomic E-state index is 5.51. The Bertz CT molecular complexity index is 334. The van der Waals surface area contributed by atoms with Gasteiger partial charge >= 0.3 is 0 Å². The summed E-state index contributed by atoms with van der Waals surface area (Å²) in [6.45, 7) is 6.22. The minimum absolute atomic E-state index is 0.520. The van der Waals surface area contributed by atoms with E-state index in [0.717, 1.165) is 21.5 Å². The summed E-state index contributed by atoms with van der Waals surface area (Å²) in [4.78, 5) is 0. The molecular formula is C11H13BrO2. The highest BCUT2D eigenvalue weighted by atomic mass is 79.9. The van der Waals surface area contributed by atoms with E-state index in [-0.39, 0.29) is 0 Å². The minimum Gasteiger partial charge on any atom is -0.497 e. The SMILES string of the molecule is C=C(C)COc1cc(OC)ccc1Br. The van der Waals surface area contributed by atoms with Crippen LogP contribution in [0.15, 0.2) is 34.8 Å². The third-order valence-electron chi connectivity index (χ3n) is 1.61. The largest absolute Gasteiger partial charge is 0.497 e. The Labute approximate surface area is 92.7 Å². The molecule has 0 aliphatic heterocycles. The molecule has 14 heavy (non-hydrogen) atoms. The highest BCUT2D eigenvalue weighted by Gasteiger charge is 2.02. The van der Waals surface area contributed by atoms with E-state index in [2.05, 4.69) is 22.5 Å². The molecule has 0 aliphatic carbocycles. The van der Waals surface area contributed by atoms with Gasteiger partial charge in [0.05, 0.1) is 11.6 Å². The third kappa shape index (κ3) is 3.07. The van der Waals surface area contributed by atoms with Gasteiger partial charge in [0.15, 0.2) is 0 Å². The number of benzene rings is 1. The number of ether oxygens (including phenoxy) is 2. The van der Waals surface area contributed by atoms with Gasteiger partial charge < -0.3 is 9.47 Å². The summed E-state index contributed by atoms with van der Waals surface area (Å²) < 4.78 is 11.5. The topological polar surface area (TPSA) is 18.5 Å². The first-order chi connectivity index (χ1) is 6.63. The molecule has 0 saturated heterocycles. The molecule has 0 fully saturated rings. The van der Waals surface area contributed by atoms with Crippen LogP contribution < -0.4 is 9.47 Å². The zero-order valence-electron chi connectivity index (χ0n) is 8.34. The van der Waals surface area contributed by atoms with Gasteiger partial charge in [-0.2, -0.15) is 0 Å². The van der Waals surface area contributed by atoms with E-state index in [4.69, 9.17) is 9.47 Å². The van der Waals surface area contributed by atoms with Gasteiger partial charge in [-0.25, -0.2) is 0 Å². The van der Waals surface area contributed by atoms with Gasteiger partial charge in [0.2, 0.25) is 0 Å². The molecule has 0 bridgehead atoms. The molecule has 76 valence electrons. The lowest BCUT2D eigenvalue weighted by atomic mass is 10.3. The molecular weight excluding hydrogens is 244 g/mol. The Balaban J connectivity index is 2.78. The van der Waals surface area contributed by atoms with Crippen LogP contribution in [0.1, 0.15) is 6.92 Å². The molecule has 3 heteroatoms. The lowest BCUT2D eigenvalue weighted by molar-refractivity contribution is 0.345. The van der Waals surface area contributed by atoms with E-state index >= 15 is 0 Å². The molecule has 0 amide bonds. The van der Waals surface area contributed by atoms with Crippen LogP contribution in [0.4, 0.5) is 0 Å². The predicted octanol–water partition coefficient (Wildman–Crippen LogP) is 3.41. The molecule has 0 radical (unpaired) electrons. The van der Waals surface area contributed by atoms with Gasteiger partial charge in [0.1, 0.15) is 18.1 Å². The van der Waals surface area contributed by atoms with Crippen molar-refractivity contribution in [1.82, 2.24) is 0 Å². The molecule has 1 rings (SSSR count). The van der Waals surface area contributed by atoms with Crippen molar-refractivity contribution >= 4 is 15.9 Å². The molecule has 0 aromatic heterocycles. The molecule has 0 spiro atoms. The summed E-state index contributed by atoms with van der Waals surface area (Å²) in [5.74, 6) is 1.55. The van der Waals surface area contributed by atoms with Crippen LogP contribution in [-0.4, -0.2) is 13.7 Å². The average molecular weight is 257 g/mol. The summed E-state index contributed by atoms with van der Waals surface area (Å²) in [7, 11) is 1.63. The molecule has 0 aliphatic rings. The summed E-state index contributed by atoms with van der Waals surface area (Å²) in [6, 6.07) is 5.61. The van der Waals surface area contributed by atoms with Crippen LogP contribution in [0.2, 0.25) is 0 Å². The highest BCUT2D eigenvalue weighted by molar-refractivity contribution is 9.10. The first-order valence-corrected chi connectivity index (χ1v) is 5.03. The van der Waals surface area contributed by atoms with Crippen LogP contribution in [0.5, 0.6) is 11.5 Å². The maximum Gasteiger partial charge on any atom is 0.137 e. The Morgan fingerprint density at radius 2 is 2.21 bits per heavy atom. The summed E-state index contributed by atoms with van der Waals surface area (Å²) in [5.41, 5.74) is 0.986. The van der Waals surface area contributed by atoms with Gasteiger partial charge in [-0.1, -0.05) is 6.58 Å². The molecule has 2 nitrogen and oxygen atoms in total. The van der Waals surface area contributed by atoms with E-state index < -0.39 is 0 Å². The second-order valence-corrected chi connectivity index (χ2v) is 3.90. The third-order valence-corrected chi connectivity index (χ3v) is 2.27. The molecule has 1 aromatic rings. The van der Waals surface area contributed by atoms with Gasteiger partial charge in [-0.05, 0) is 40.6 Å². The second kappa shape index (κ2) is 5.05. The minimum atomic E-state index is 0.520. The van der Waals surface area contributed by atoms with Crippen molar-refractivity contribution in [3.63, 3.8) is 0 Å². The number of hydrogen-bond donors (Lipinski definition) is 0. The zero-order valence-corrected chi connectivity index (χ0v) is 9.93. The van der Waals surface area contributed by atoms with Crippen LogP contribution >= 0.6 is 15.9 Å². The number of rotatable bonds is 4. The van der Waals surface area contributed by atoms with Crippen LogP contribution in [-0.2, 0) is 0 Å². The maximum absolute atomic E-state index is 5.51. The smallest absolute Gasteiger partial charge is 0.137 e. The van der Waals surface area contributed by atoms with E-state index in [1.54, 1.807) is 7.11 Å². The molecule has 1 aromatic carbocycles. The number of halogens is 1. The lowest BCUT2D eigenvalue weighted by Crippen LogP contribution is -1.98. The number of methoxy groups -OCH3 is 1. The average Bonchev–Trinajstić information content (AvgIpc) is 2.16. The van der Waals surface area contributed by atoms with Gasteiger partial charge in [-0.3, -0.25) is 0 Å². The van der Waals surface area contributed by atoms with Crippen molar-refractivity contribution in [2.45, 2.75) is 6.92 Å². The summed E-state index contributed by atoms with van der Waals surface area (Å²) in [6.07, 6.45) is 0.